The van der Waals surface area contributed by atoms with Crippen molar-refractivity contribution in [2.75, 3.05) is 0 Å². The van der Waals surface area contributed by atoms with E-state index in [4.69, 9.17) is 15.0 Å². The quantitative estimate of drug-likeness (QED) is 0.176. The third-order valence-corrected chi connectivity index (χ3v) is 9.77. The summed E-state index contributed by atoms with van der Waals surface area (Å²) in [5.41, 5.74) is 7.32. The highest BCUT2D eigenvalue weighted by Gasteiger charge is 2.17. The van der Waals surface area contributed by atoms with Crippen molar-refractivity contribution < 1.29 is 0 Å². The summed E-state index contributed by atoms with van der Waals surface area (Å²) >= 11 is 0. The van der Waals surface area contributed by atoms with Gasteiger partial charge in [0.1, 0.15) is 0 Å². The van der Waals surface area contributed by atoms with Crippen LogP contribution in [0.5, 0.6) is 0 Å². The maximum absolute atomic E-state index is 5.16. The van der Waals surface area contributed by atoms with E-state index in [1.165, 1.54) is 43.3 Å². The van der Waals surface area contributed by atoms with Gasteiger partial charge in [-0.3, -0.25) is 4.98 Å². The minimum atomic E-state index is 0.632. The Morgan fingerprint density at radius 1 is 0.320 bits per heavy atom. The highest BCUT2D eigenvalue weighted by atomic mass is 15.0. The van der Waals surface area contributed by atoms with Crippen molar-refractivity contribution in [2.24, 2.45) is 0 Å². The van der Waals surface area contributed by atoms with Crippen molar-refractivity contribution in [1.82, 2.24) is 19.9 Å². The van der Waals surface area contributed by atoms with Crippen molar-refractivity contribution in [2.45, 2.75) is 0 Å². The molecule has 0 radical (unpaired) electrons. The van der Waals surface area contributed by atoms with Crippen LogP contribution in [0.3, 0.4) is 0 Å². The van der Waals surface area contributed by atoms with E-state index in [1.54, 1.807) is 6.20 Å². The first-order valence-corrected chi connectivity index (χ1v) is 16.8. The average molecular weight is 637 g/mol. The van der Waals surface area contributed by atoms with E-state index in [2.05, 4.69) is 157 Å². The van der Waals surface area contributed by atoms with Crippen LogP contribution < -0.4 is 0 Å². The Kier molecular flexibility index (Phi) is 6.46. The second-order valence-corrected chi connectivity index (χ2v) is 12.7. The molecular formula is C46H28N4. The van der Waals surface area contributed by atoms with E-state index in [-0.39, 0.29) is 0 Å². The first-order chi connectivity index (χ1) is 24.7. The molecule has 232 valence electrons. The topological polar surface area (TPSA) is 51.6 Å². The van der Waals surface area contributed by atoms with Crippen molar-refractivity contribution in [3.05, 3.63) is 170 Å². The first kappa shape index (κ1) is 28.3. The lowest BCUT2D eigenvalue weighted by molar-refractivity contribution is 1.08. The molecule has 0 fully saturated rings. The summed E-state index contributed by atoms with van der Waals surface area (Å²) in [6, 6.07) is 55.6. The lowest BCUT2D eigenvalue weighted by atomic mass is 9.92. The van der Waals surface area contributed by atoms with Gasteiger partial charge in [-0.25, -0.2) is 15.0 Å². The molecule has 0 amide bonds. The van der Waals surface area contributed by atoms with E-state index in [0.29, 0.717) is 17.5 Å². The zero-order valence-electron chi connectivity index (χ0n) is 27.0. The average Bonchev–Trinajstić information content (AvgIpc) is 3.20. The van der Waals surface area contributed by atoms with Crippen LogP contribution in [0.2, 0.25) is 0 Å². The maximum atomic E-state index is 5.16. The number of rotatable bonds is 5. The molecule has 0 saturated carbocycles. The second-order valence-electron chi connectivity index (χ2n) is 12.7. The van der Waals surface area contributed by atoms with Gasteiger partial charge in [0, 0.05) is 29.1 Å². The van der Waals surface area contributed by atoms with Crippen LogP contribution in [0.25, 0.3) is 99.5 Å². The molecule has 0 aliphatic carbocycles. The van der Waals surface area contributed by atoms with Crippen molar-refractivity contribution in [3.63, 3.8) is 0 Å². The lowest BCUT2D eigenvalue weighted by Gasteiger charge is -2.14. The largest absolute Gasteiger partial charge is 0.264 e. The first-order valence-electron chi connectivity index (χ1n) is 16.8. The number of nitrogens with zero attached hydrogens (tertiary/aromatic N) is 4. The molecule has 0 spiro atoms. The molecule has 2 heterocycles. The fourth-order valence-corrected chi connectivity index (χ4v) is 7.21. The summed E-state index contributed by atoms with van der Waals surface area (Å²) in [6.45, 7) is 0. The standard InChI is InChI=1S/C46H28N4/c1-2-6-37-27-38(21-14-29(37)5-1)30-10-17-35(18-11-30)44-48-45(36-19-12-31(13-20-36)39-9-4-26-47-28-39)50-46(49-44)41-25-23-34-16-15-32-7-3-8-33-22-24-40(41)43(34)42(32)33/h1-28H. The fraction of sp³-hybridized carbons (Fsp3) is 0. The van der Waals surface area contributed by atoms with E-state index in [9.17, 15) is 0 Å². The van der Waals surface area contributed by atoms with Crippen LogP contribution in [-0.2, 0) is 0 Å². The summed E-state index contributed by atoms with van der Waals surface area (Å²) in [5, 5.41) is 9.77. The van der Waals surface area contributed by atoms with Crippen molar-refractivity contribution in [1.29, 1.82) is 0 Å². The Morgan fingerprint density at radius 3 is 1.56 bits per heavy atom. The molecule has 4 nitrogen and oxygen atoms in total. The van der Waals surface area contributed by atoms with Gasteiger partial charge in [-0.15, -0.1) is 0 Å². The Bertz CT molecular complexity index is 2830. The van der Waals surface area contributed by atoms with E-state index in [0.717, 1.165) is 38.8 Å². The summed E-state index contributed by atoms with van der Waals surface area (Å²) < 4.78 is 0. The summed E-state index contributed by atoms with van der Waals surface area (Å²) in [6.07, 6.45) is 3.67. The van der Waals surface area contributed by atoms with Gasteiger partial charge >= 0.3 is 0 Å². The van der Waals surface area contributed by atoms with Gasteiger partial charge in [-0.1, -0.05) is 140 Å². The van der Waals surface area contributed by atoms with Gasteiger partial charge < -0.3 is 0 Å². The van der Waals surface area contributed by atoms with Crippen LogP contribution >= 0.6 is 0 Å². The van der Waals surface area contributed by atoms with Gasteiger partial charge in [0.05, 0.1) is 0 Å². The molecule has 0 aliphatic heterocycles. The highest BCUT2D eigenvalue weighted by Crippen LogP contribution is 2.39. The summed E-state index contributed by atoms with van der Waals surface area (Å²) in [5.74, 6) is 1.92. The summed E-state index contributed by atoms with van der Waals surface area (Å²) in [7, 11) is 0. The van der Waals surface area contributed by atoms with Gasteiger partial charge in [0.15, 0.2) is 17.5 Å². The third kappa shape index (κ3) is 4.77. The highest BCUT2D eigenvalue weighted by molar-refractivity contribution is 6.25. The Labute approximate surface area is 288 Å². The molecule has 0 unspecified atom stereocenters. The van der Waals surface area contributed by atoms with Crippen LogP contribution in [0.1, 0.15) is 0 Å². The van der Waals surface area contributed by atoms with E-state index in [1.807, 2.05) is 12.3 Å². The fourth-order valence-electron chi connectivity index (χ4n) is 7.21. The molecule has 4 heteroatoms. The Morgan fingerprint density at radius 2 is 0.860 bits per heavy atom. The van der Waals surface area contributed by atoms with Gasteiger partial charge in [-0.05, 0) is 83.5 Å². The van der Waals surface area contributed by atoms with Gasteiger partial charge in [-0.2, -0.15) is 0 Å². The number of aromatic nitrogens is 4. The molecule has 10 rings (SSSR count). The number of benzene rings is 8. The van der Waals surface area contributed by atoms with Crippen LogP contribution in [0, 0.1) is 0 Å². The molecule has 2 aromatic heterocycles. The molecule has 50 heavy (non-hydrogen) atoms. The van der Waals surface area contributed by atoms with Crippen LogP contribution in [0.4, 0.5) is 0 Å². The number of hydrogen-bond donors (Lipinski definition) is 0. The summed E-state index contributed by atoms with van der Waals surface area (Å²) in [4.78, 5) is 19.7. The normalized spacial score (nSPS) is 11.6. The molecule has 0 N–H and O–H groups in total. The van der Waals surface area contributed by atoms with Gasteiger partial charge in [0.2, 0.25) is 0 Å². The predicted octanol–water partition coefficient (Wildman–Crippen LogP) is 11.7. The van der Waals surface area contributed by atoms with Crippen molar-refractivity contribution >= 4 is 43.1 Å². The molecule has 0 bridgehead atoms. The SMILES string of the molecule is c1cncc(-c2ccc(-c3nc(-c4ccc(-c5ccc6ccccc6c5)cc4)nc(-c4ccc5ccc6cccc7ccc4c5c67)n3)cc2)c1. The van der Waals surface area contributed by atoms with Gasteiger partial charge in [0.25, 0.3) is 0 Å². The second kappa shape index (κ2) is 11.4. The van der Waals surface area contributed by atoms with Crippen LogP contribution in [0.15, 0.2) is 170 Å². The maximum Gasteiger partial charge on any atom is 0.164 e. The number of fused-ring (bicyclic) bond motifs is 1. The van der Waals surface area contributed by atoms with Crippen LogP contribution in [-0.4, -0.2) is 19.9 Å². The zero-order chi connectivity index (χ0) is 33.0. The molecular weight excluding hydrogens is 609 g/mol. The predicted molar refractivity (Wildman–Crippen MR) is 206 cm³/mol. The van der Waals surface area contributed by atoms with E-state index >= 15 is 0 Å². The minimum absolute atomic E-state index is 0.632. The molecule has 0 aliphatic rings. The monoisotopic (exact) mass is 636 g/mol. The number of pyridine rings is 1. The molecule has 0 saturated heterocycles. The Balaban J connectivity index is 1.13. The smallest absolute Gasteiger partial charge is 0.164 e. The molecule has 8 aromatic carbocycles. The third-order valence-electron chi connectivity index (χ3n) is 9.77. The van der Waals surface area contributed by atoms with Crippen molar-refractivity contribution in [3.8, 4) is 56.4 Å². The zero-order valence-corrected chi connectivity index (χ0v) is 27.0. The lowest BCUT2D eigenvalue weighted by Crippen LogP contribution is -2.01. The minimum Gasteiger partial charge on any atom is -0.264 e. The van der Waals surface area contributed by atoms with E-state index < -0.39 is 0 Å². The Hall–Kier alpha value is -6.78. The number of hydrogen-bond acceptors (Lipinski definition) is 4. The molecule has 0 atom stereocenters. The molecule has 10 aromatic rings.